The number of hydrogen-bond donors (Lipinski definition) is 2. The molecule has 0 aromatic carbocycles. The Labute approximate surface area is 75.4 Å². The highest BCUT2D eigenvalue weighted by molar-refractivity contribution is 4.92. The van der Waals surface area contributed by atoms with Crippen LogP contribution in [0.15, 0.2) is 0 Å². The maximum atomic E-state index is 9.87. The molecule has 0 spiro atoms. The Morgan fingerprint density at radius 2 is 2.00 bits per heavy atom. The first-order chi connectivity index (χ1) is 5.31. The normalized spacial score (nSPS) is 38.2. The fourth-order valence-electron chi connectivity index (χ4n) is 1.74. The Hall–Kier alpha value is -0.0800. The first-order valence-electron chi connectivity index (χ1n) is 4.77. The zero-order chi connectivity index (χ0) is 9.41. The van der Waals surface area contributed by atoms with Crippen molar-refractivity contribution >= 4 is 0 Å². The molecule has 12 heavy (non-hydrogen) atoms. The first kappa shape index (κ1) is 10.0. The minimum Gasteiger partial charge on any atom is -0.390 e. The van der Waals surface area contributed by atoms with Crippen LogP contribution in [-0.4, -0.2) is 23.3 Å². The number of aliphatic hydroxyl groups is 1. The maximum Gasteiger partial charge on any atom is 0.0646 e. The zero-order valence-electron chi connectivity index (χ0n) is 8.65. The van der Waals surface area contributed by atoms with Crippen LogP contribution < -0.4 is 5.32 Å². The third kappa shape index (κ3) is 2.46. The zero-order valence-corrected chi connectivity index (χ0v) is 8.65. The van der Waals surface area contributed by atoms with Crippen LogP contribution in [0.25, 0.3) is 0 Å². The molecule has 0 aromatic heterocycles. The highest BCUT2D eigenvalue weighted by atomic mass is 16.3. The average Bonchev–Trinajstić information content (AvgIpc) is 1.83. The predicted octanol–water partition coefficient (Wildman–Crippen LogP) is 1.54. The third-order valence-corrected chi connectivity index (χ3v) is 2.74. The van der Waals surface area contributed by atoms with E-state index in [1.807, 2.05) is 6.92 Å². The van der Waals surface area contributed by atoms with Gasteiger partial charge in [0.2, 0.25) is 0 Å². The molecule has 1 aliphatic heterocycles. The van der Waals surface area contributed by atoms with E-state index in [9.17, 15) is 5.11 Å². The summed E-state index contributed by atoms with van der Waals surface area (Å²) in [5.74, 6) is 0. The summed E-state index contributed by atoms with van der Waals surface area (Å²) in [5, 5.41) is 13.3. The van der Waals surface area contributed by atoms with Crippen LogP contribution in [0, 0.1) is 5.41 Å². The molecule has 2 atom stereocenters. The van der Waals surface area contributed by atoms with E-state index in [1.54, 1.807) is 0 Å². The molecular formula is C10H21NO. The van der Waals surface area contributed by atoms with Gasteiger partial charge in [0.25, 0.3) is 0 Å². The summed E-state index contributed by atoms with van der Waals surface area (Å²) in [6.45, 7) is 9.52. The van der Waals surface area contributed by atoms with Gasteiger partial charge in [-0.3, -0.25) is 0 Å². The largest absolute Gasteiger partial charge is 0.390 e. The molecule has 0 saturated carbocycles. The van der Waals surface area contributed by atoms with Gasteiger partial charge in [-0.2, -0.15) is 0 Å². The van der Waals surface area contributed by atoms with Crippen molar-refractivity contribution < 1.29 is 5.11 Å². The molecule has 1 fully saturated rings. The molecule has 1 heterocycles. The van der Waals surface area contributed by atoms with Crippen LogP contribution in [0.2, 0.25) is 0 Å². The minimum atomic E-state index is -0.455. The van der Waals surface area contributed by atoms with Crippen LogP contribution >= 0.6 is 0 Å². The second-order valence-electron chi connectivity index (χ2n) is 5.32. The quantitative estimate of drug-likeness (QED) is 0.579. The van der Waals surface area contributed by atoms with E-state index in [0.29, 0.717) is 6.04 Å². The third-order valence-electron chi connectivity index (χ3n) is 2.74. The van der Waals surface area contributed by atoms with Crippen molar-refractivity contribution in [3.63, 3.8) is 0 Å². The van der Waals surface area contributed by atoms with Crippen LogP contribution in [0.5, 0.6) is 0 Å². The number of rotatable bonds is 0. The van der Waals surface area contributed by atoms with Crippen LogP contribution in [0.1, 0.15) is 40.5 Å². The number of nitrogens with one attached hydrogen (secondary N) is 1. The lowest BCUT2D eigenvalue weighted by Gasteiger charge is -2.41. The molecule has 2 unspecified atom stereocenters. The van der Waals surface area contributed by atoms with Gasteiger partial charge < -0.3 is 10.4 Å². The summed E-state index contributed by atoms with van der Waals surface area (Å²) in [5.41, 5.74) is -0.201. The fraction of sp³-hybridized carbons (Fsp3) is 1.00. The van der Waals surface area contributed by atoms with Gasteiger partial charge in [-0.15, -0.1) is 0 Å². The molecule has 0 bridgehead atoms. The monoisotopic (exact) mass is 171 g/mol. The van der Waals surface area contributed by atoms with Crippen molar-refractivity contribution in [1.29, 1.82) is 0 Å². The molecule has 0 aromatic rings. The van der Waals surface area contributed by atoms with E-state index in [-0.39, 0.29) is 5.41 Å². The maximum absolute atomic E-state index is 9.87. The molecule has 1 rings (SSSR count). The van der Waals surface area contributed by atoms with Crippen LogP contribution in [-0.2, 0) is 0 Å². The molecule has 1 saturated heterocycles. The second-order valence-corrected chi connectivity index (χ2v) is 5.32. The Kier molecular flexibility index (Phi) is 2.50. The van der Waals surface area contributed by atoms with Crippen molar-refractivity contribution in [3.05, 3.63) is 0 Å². The van der Waals surface area contributed by atoms with E-state index >= 15 is 0 Å². The molecular weight excluding hydrogens is 150 g/mol. The SMILES string of the molecule is CC1(O)CCNC(C(C)(C)C)C1. The smallest absolute Gasteiger partial charge is 0.0646 e. The lowest BCUT2D eigenvalue weighted by molar-refractivity contribution is -0.00496. The fourth-order valence-corrected chi connectivity index (χ4v) is 1.74. The number of piperidine rings is 1. The Bertz CT molecular complexity index is 154. The van der Waals surface area contributed by atoms with E-state index in [0.717, 1.165) is 19.4 Å². The van der Waals surface area contributed by atoms with E-state index < -0.39 is 5.60 Å². The van der Waals surface area contributed by atoms with Gasteiger partial charge in [-0.25, -0.2) is 0 Å². The molecule has 2 N–H and O–H groups in total. The summed E-state index contributed by atoms with van der Waals surface area (Å²) < 4.78 is 0. The minimum absolute atomic E-state index is 0.254. The predicted molar refractivity (Wildman–Crippen MR) is 51.1 cm³/mol. The van der Waals surface area contributed by atoms with Gasteiger partial charge in [0.15, 0.2) is 0 Å². The lowest BCUT2D eigenvalue weighted by atomic mass is 9.77. The molecule has 0 amide bonds. The van der Waals surface area contributed by atoms with Crippen molar-refractivity contribution in [2.45, 2.75) is 52.2 Å². The van der Waals surface area contributed by atoms with Gasteiger partial charge in [-0.05, 0) is 31.7 Å². The average molecular weight is 171 g/mol. The molecule has 0 radical (unpaired) electrons. The summed E-state index contributed by atoms with van der Waals surface area (Å²) >= 11 is 0. The van der Waals surface area contributed by atoms with E-state index in [1.165, 1.54) is 0 Å². The van der Waals surface area contributed by atoms with Gasteiger partial charge in [0, 0.05) is 6.04 Å². The molecule has 2 heteroatoms. The summed E-state index contributed by atoms with van der Waals surface area (Å²) in [7, 11) is 0. The summed E-state index contributed by atoms with van der Waals surface area (Å²) in [6.07, 6.45) is 1.75. The summed E-state index contributed by atoms with van der Waals surface area (Å²) in [4.78, 5) is 0. The van der Waals surface area contributed by atoms with Crippen LogP contribution in [0.3, 0.4) is 0 Å². The Morgan fingerprint density at radius 3 is 2.33 bits per heavy atom. The van der Waals surface area contributed by atoms with Crippen molar-refractivity contribution in [2.24, 2.45) is 5.41 Å². The van der Waals surface area contributed by atoms with E-state index in [4.69, 9.17) is 0 Å². The molecule has 72 valence electrons. The van der Waals surface area contributed by atoms with Crippen molar-refractivity contribution in [2.75, 3.05) is 6.54 Å². The Morgan fingerprint density at radius 1 is 1.42 bits per heavy atom. The topological polar surface area (TPSA) is 32.3 Å². The lowest BCUT2D eigenvalue weighted by Crippen LogP contribution is -2.51. The highest BCUT2D eigenvalue weighted by Crippen LogP contribution is 2.30. The molecule has 0 aliphatic carbocycles. The number of hydrogen-bond acceptors (Lipinski definition) is 2. The van der Waals surface area contributed by atoms with Crippen molar-refractivity contribution in [1.82, 2.24) is 5.32 Å². The molecule has 2 nitrogen and oxygen atoms in total. The van der Waals surface area contributed by atoms with Gasteiger partial charge in [0.1, 0.15) is 0 Å². The molecule has 1 aliphatic rings. The van der Waals surface area contributed by atoms with Crippen molar-refractivity contribution in [3.8, 4) is 0 Å². The van der Waals surface area contributed by atoms with Gasteiger partial charge >= 0.3 is 0 Å². The first-order valence-corrected chi connectivity index (χ1v) is 4.77. The Balaban J connectivity index is 2.58. The van der Waals surface area contributed by atoms with Gasteiger partial charge in [-0.1, -0.05) is 20.8 Å². The van der Waals surface area contributed by atoms with Crippen LogP contribution in [0.4, 0.5) is 0 Å². The summed E-state index contributed by atoms with van der Waals surface area (Å²) in [6, 6.07) is 0.446. The highest BCUT2D eigenvalue weighted by Gasteiger charge is 2.35. The second kappa shape index (κ2) is 3.00. The standard InChI is InChI=1S/C10H21NO/c1-9(2,3)8-7-10(4,12)5-6-11-8/h8,11-12H,5-7H2,1-4H3. The van der Waals surface area contributed by atoms with E-state index in [2.05, 4.69) is 26.1 Å². The van der Waals surface area contributed by atoms with Gasteiger partial charge in [0.05, 0.1) is 5.60 Å².